The predicted octanol–water partition coefficient (Wildman–Crippen LogP) is 4.26. The van der Waals surface area contributed by atoms with Gasteiger partial charge in [-0.1, -0.05) is 23.7 Å². The molecule has 2 aromatic rings. The summed E-state index contributed by atoms with van der Waals surface area (Å²) < 4.78 is 0. The lowest BCUT2D eigenvalue weighted by Gasteiger charge is -2.11. The highest BCUT2D eigenvalue weighted by Gasteiger charge is 2.11. The van der Waals surface area contributed by atoms with Crippen molar-refractivity contribution in [2.24, 2.45) is 5.73 Å². The van der Waals surface area contributed by atoms with E-state index in [4.69, 9.17) is 17.3 Å². The van der Waals surface area contributed by atoms with Gasteiger partial charge in [-0.25, -0.2) is 0 Å². The average molecular weight is 266 g/mol. The molecule has 0 amide bonds. The summed E-state index contributed by atoms with van der Waals surface area (Å²) in [5.74, 6) is 0. The Morgan fingerprint density at radius 2 is 2.00 bits per heavy atom. The van der Waals surface area contributed by atoms with Crippen molar-refractivity contribution < 1.29 is 0 Å². The van der Waals surface area contributed by atoms with Crippen molar-refractivity contribution in [1.82, 2.24) is 0 Å². The van der Waals surface area contributed by atoms with Crippen molar-refractivity contribution in [1.29, 1.82) is 0 Å². The molecular weight excluding hydrogens is 250 g/mol. The zero-order valence-corrected chi connectivity index (χ0v) is 11.6. The Morgan fingerprint density at radius 1 is 1.24 bits per heavy atom. The van der Waals surface area contributed by atoms with Crippen LogP contribution >= 0.6 is 22.9 Å². The Labute approximate surface area is 111 Å². The molecule has 90 valence electrons. The van der Waals surface area contributed by atoms with Gasteiger partial charge in [0.1, 0.15) is 0 Å². The second kappa shape index (κ2) is 5.21. The Bertz CT molecular complexity index is 519. The predicted molar refractivity (Wildman–Crippen MR) is 75.9 cm³/mol. The van der Waals surface area contributed by atoms with Gasteiger partial charge in [0.15, 0.2) is 0 Å². The highest BCUT2D eigenvalue weighted by Crippen LogP contribution is 2.27. The molecule has 0 bridgehead atoms. The summed E-state index contributed by atoms with van der Waals surface area (Å²) in [4.78, 5) is 2.52. The van der Waals surface area contributed by atoms with Crippen LogP contribution in [0.25, 0.3) is 0 Å². The summed E-state index contributed by atoms with van der Waals surface area (Å²) >= 11 is 7.97. The van der Waals surface area contributed by atoms with Crippen LogP contribution in [-0.4, -0.2) is 0 Å². The molecule has 1 unspecified atom stereocenters. The van der Waals surface area contributed by atoms with Crippen molar-refractivity contribution in [2.45, 2.75) is 26.3 Å². The summed E-state index contributed by atoms with van der Waals surface area (Å²) in [5.41, 5.74) is 8.50. The minimum Gasteiger partial charge on any atom is -0.323 e. The minimum absolute atomic E-state index is 0.0360. The van der Waals surface area contributed by atoms with Crippen LogP contribution in [0.2, 0.25) is 5.02 Å². The number of hydrogen-bond acceptors (Lipinski definition) is 2. The van der Waals surface area contributed by atoms with E-state index in [9.17, 15) is 0 Å². The number of thiophene rings is 1. The van der Waals surface area contributed by atoms with Gasteiger partial charge < -0.3 is 5.73 Å². The first-order chi connectivity index (χ1) is 8.06. The van der Waals surface area contributed by atoms with E-state index in [0.29, 0.717) is 0 Å². The van der Waals surface area contributed by atoms with Gasteiger partial charge in [0.2, 0.25) is 0 Å². The maximum atomic E-state index is 6.21. The van der Waals surface area contributed by atoms with E-state index in [0.717, 1.165) is 17.0 Å². The fourth-order valence-corrected chi connectivity index (χ4v) is 3.00. The molecule has 0 aliphatic rings. The largest absolute Gasteiger partial charge is 0.323 e. The first-order valence-electron chi connectivity index (χ1n) is 5.63. The van der Waals surface area contributed by atoms with Crippen LogP contribution in [0.3, 0.4) is 0 Å². The number of hydrogen-bond donors (Lipinski definition) is 1. The molecule has 1 aromatic heterocycles. The van der Waals surface area contributed by atoms with Gasteiger partial charge in [-0.05, 0) is 49.6 Å². The number of aryl methyl sites for hydroxylation is 2. The summed E-state index contributed by atoms with van der Waals surface area (Å²) in [5, 5.41) is 0.814. The maximum absolute atomic E-state index is 6.21. The summed E-state index contributed by atoms with van der Waals surface area (Å²) in [6.07, 6.45) is 0.791. The second-order valence-corrected chi connectivity index (χ2v) is 6.08. The highest BCUT2D eigenvalue weighted by molar-refractivity contribution is 7.12. The van der Waals surface area contributed by atoms with E-state index in [2.05, 4.69) is 31.2 Å². The molecule has 1 nitrogen and oxygen atoms in total. The molecule has 1 heterocycles. The van der Waals surface area contributed by atoms with E-state index in [-0.39, 0.29) is 6.04 Å². The molecule has 0 fully saturated rings. The summed E-state index contributed by atoms with van der Waals surface area (Å²) in [7, 11) is 0. The Balaban J connectivity index is 2.15. The van der Waals surface area contributed by atoms with Gasteiger partial charge in [-0.3, -0.25) is 0 Å². The Morgan fingerprint density at radius 3 is 2.59 bits per heavy atom. The Kier molecular flexibility index (Phi) is 3.87. The third-order valence-corrected chi connectivity index (χ3v) is 4.26. The van der Waals surface area contributed by atoms with Crippen molar-refractivity contribution in [3.63, 3.8) is 0 Å². The molecule has 0 spiro atoms. The highest BCUT2D eigenvalue weighted by atomic mass is 35.5. The van der Waals surface area contributed by atoms with E-state index in [1.807, 2.05) is 13.0 Å². The molecule has 0 radical (unpaired) electrons. The SMILES string of the molecule is Cc1ccc(CC(N)c2ccc(C)s2)c(Cl)c1. The van der Waals surface area contributed by atoms with E-state index in [1.54, 1.807) is 11.3 Å². The molecule has 17 heavy (non-hydrogen) atoms. The third-order valence-electron chi connectivity index (χ3n) is 2.77. The fraction of sp³-hybridized carbons (Fsp3) is 0.286. The molecular formula is C14H16ClNS. The van der Waals surface area contributed by atoms with Crippen LogP contribution in [0.1, 0.15) is 26.9 Å². The van der Waals surface area contributed by atoms with Crippen LogP contribution < -0.4 is 5.73 Å². The van der Waals surface area contributed by atoms with Gasteiger partial charge in [-0.15, -0.1) is 11.3 Å². The molecule has 0 aliphatic carbocycles. The molecule has 1 atom stereocenters. The van der Waals surface area contributed by atoms with Crippen molar-refractivity contribution >= 4 is 22.9 Å². The maximum Gasteiger partial charge on any atom is 0.0441 e. The lowest BCUT2D eigenvalue weighted by atomic mass is 10.0. The molecule has 3 heteroatoms. The van der Waals surface area contributed by atoms with Crippen LogP contribution in [0.5, 0.6) is 0 Å². The van der Waals surface area contributed by atoms with Crippen LogP contribution in [0.4, 0.5) is 0 Å². The quantitative estimate of drug-likeness (QED) is 0.882. The zero-order chi connectivity index (χ0) is 12.4. The standard InChI is InChI=1S/C14H16ClNS/c1-9-3-5-11(12(15)7-9)8-13(16)14-6-4-10(2)17-14/h3-7,13H,8,16H2,1-2H3. The van der Waals surface area contributed by atoms with Crippen molar-refractivity contribution in [2.75, 3.05) is 0 Å². The van der Waals surface area contributed by atoms with Crippen LogP contribution in [-0.2, 0) is 6.42 Å². The van der Waals surface area contributed by atoms with E-state index >= 15 is 0 Å². The summed E-state index contributed by atoms with van der Waals surface area (Å²) in [6.45, 7) is 4.14. The smallest absolute Gasteiger partial charge is 0.0441 e. The zero-order valence-electron chi connectivity index (χ0n) is 10.0. The normalized spacial score (nSPS) is 12.7. The van der Waals surface area contributed by atoms with Gasteiger partial charge in [0, 0.05) is 20.8 Å². The number of rotatable bonds is 3. The molecule has 2 N–H and O–H groups in total. The Hall–Kier alpha value is -0.830. The average Bonchev–Trinajstić information content (AvgIpc) is 2.69. The molecule has 0 saturated heterocycles. The molecule has 0 saturated carbocycles. The van der Waals surface area contributed by atoms with E-state index < -0.39 is 0 Å². The van der Waals surface area contributed by atoms with Gasteiger partial charge >= 0.3 is 0 Å². The van der Waals surface area contributed by atoms with Crippen LogP contribution in [0, 0.1) is 13.8 Å². The first-order valence-corrected chi connectivity index (χ1v) is 6.82. The second-order valence-electron chi connectivity index (χ2n) is 4.35. The van der Waals surface area contributed by atoms with Crippen molar-refractivity contribution in [3.05, 3.63) is 56.2 Å². The topological polar surface area (TPSA) is 26.0 Å². The van der Waals surface area contributed by atoms with Gasteiger partial charge in [0.25, 0.3) is 0 Å². The summed E-state index contributed by atoms with van der Waals surface area (Å²) in [6, 6.07) is 10.4. The number of nitrogens with two attached hydrogens (primary N) is 1. The van der Waals surface area contributed by atoms with Crippen molar-refractivity contribution in [3.8, 4) is 0 Å². The fourth-order valence-electron chi connectivity index (χ4n) is 1.81. The lowest BCUT2D eigenvalue weighted by Crippen LogP contribution is -2.12. The molecule has 2 rings (SSSR count). The third kappa shape index (κ3) is 3.09. The van der Waals surface area contributed by atoms with Gasteiger partial charge in [-0.2, -0.15) is 0 Å². The van der Waals surface area contributed by atoms with Crippen LogP contribution in [0.15, 0.2) is 30.3 Å². The molecule has 0 aliphatic heterocycles. The monoisotopic (exact) mass is 265 g/mol. The number of benzene rings is 1. The number of halogens is 1. The minimum atomic E-state index is 0.0360. The van der Waals surface area contributed by atoms with E-state index in [1.165, 1.54) is 15.3 Å². The molecule has 1 aromatic carbocycles. The van der Waals surface area contributed by atoms with Gasteiger partial charge in [0.05, 0.1) is 0 Å². The first kappa shape index (κ1) is 12.6. The lowest BCUT2D eigenvalue weighted by molar-refractivity contribution is 0.736.